The van der Waals surface area contributed by atoms with Crippen molar-refractivity contribution in [2.45, 2.75) is 25.2 Å². The standard InChI is InChI=1S/C15H18N2O4S/c1-10-7-12(11(2)17-10)5-6-16-22(18,19)13-3-4-14-15(8-13)21-9-20-14/h3-4,7-8,16-17H,5-6,9H2,1-2H3. The molecule has 1 aromatic heterocycles. The van der Waals surface area contributed by atoms with Gasteiger partial charge in [-0.3, -0.25) is 0 Å². The SMILES string of the molecule is Cc1cc(CCNS(=O)(=O)c2ccc3c(c2)OCO3)c(C)[nH]1. The fraction of sp³-hybridized carbons (Fsp3) is 0.333. The zero-order valence-electron chi connectivity index (χ0n) is 12.5. The van der Waals surface area contributed by atoms with E-state index >= 15 is 0 Å². The summed E-state index contributed by atoms with van der Waals surface area (Å²) in [6.07, 6.45) is 0.639. The summed E-state index contributed by atoms with van der Waals surface area (Å²) in [5.74, 6) is 1.03. The van der Waals surface area contributed by atoms with Crippen LogP contribution >= 0.6 is 0 Å². The molecule has 3 rings (SSSR count). The first-order valence-corrected chi connectivity index (χ1v) is 8.48. The summed E-state index contributed by atoms with van der Waals surface area (Å²) in [5.41, 5.74) is 3.26. The normalized spacial score (nSPS) is 13.5. The number of sulfonamides is 1. The highest BCUT2D eigenvalue weighted by Crippen LogP contribution is 2.33. The van der Waals surface area contributed by atoms with Crippen LogP contribution in [-0.2, 0) is 16.4 Å². The van der Waals surface area contributed by atoms with Gasteiger partial charge in [0.15, 0.2) is 11.5 Å². The van der Waals surface area contributed by atoms with Crippen LogP contribution in [0.25, 0.3) is 0 Å². The summed E-state index contributed by atoms with van der Waals surface area (Å²) < 4.78 is 37.6. The predicted octanol–water partition coefficient (Wildman–Crippen LogP) is 1.88. The van der Waals surface area contributed by atoms with Crippen LogP contribution in [0.5, 0.6) is 11.5 Å². The summed E-state index contributed by atoms with van der Waals surface area (Å²) in [6, 6.07) is 6.64. The molecule has 0 amide bonds. The Balaban J connectivity index is 1.67. The number of fused-ring (bicyclic) bond motifs is 1. The Morgan fingerprint density at radius 1 is 1.18 bits per heavy atom. The highest BCUT2D eigenvalue weighted by molar-refractivity contribution is 7.89. The van der Waals surface area contributed by atoms with Gasteiger partial charge in [0.1, 0.15) is 0 Å². The molecule has 0 saturated carbocycles. The molecule has 1 aliphatic heterocycles. The van der Waals surface area contributed by atoms with Gasteiger partial charge in [-0.05, 0) is 44.0 Å². The third-order valence-electron chi connectivity index (χ3n) is 3.60. The first kappa shape index (κ1) is 14.9. The first-order chi connectivity index (χ1) is 10.5. The molecule has 0 radical (unpaired) electrons. The van der Waals surface area contributed by atoms with E-state index in [4.69, 9.17) is 9.47 Å². The van der Waals surface area contributed by atoms with E-state index in [1.807, 2.05) is 19.9 Å². The summed E-state index contributed by atoms with van der Waals surface area (Å²) in [7, 11) is -3.55. The molecule has 0 bridgehead atoms. The number of rotatable bonds is 5. The Labute approximate surface area is 129 Å². The Morgan fingerprint density at radius 3 is 2.68 bits per heavy atom. The number of aromatic nitrogens is 1. The Hall–Kier alpha value is -1.99. The van der Waals surface area contributed by atoms with Crippen LogP contribution in [0.2, 0.25) is 0 Å². The third-order valence-corrected chi connectivity index (χ3v) is 5.06. The van der Waals surface area contributed by atoms with Crippen molar-refractivity contribution in [3.8, 4) is 11.5 Å². The number of nitrogens with one attached hydrogen (secondary N) is 2. The summed E-state index contributed by atoms with van der Waals surface area (Å²) in [4.78, 5) is 3.39. The Bertz CT molecular complexity index is 796. The second kappa shape index (κ2) is 5.66. The average molecular weight is 322 g/mol. The summed E-state index contributed by atoms with van der Waals surface area (Å²) in [5, 5.41) is 0. The van der Waals surface area contributed by atoms with Gasteiger partial charge in [-0.1, -0.05) is 0 Å². The van der Waals surface area contributed by atoms with Crippen LogP contribution in [0.4, 0.5) is 0 Å². The van der Waals surface area contributed by atoms with E-state index < -0.39 is 10.0 Å². The van der Waals surface area contributed by atoms with E-state index in [0.717, 1.165) is 17.0 Å². The summed E-state index contributed by atoms with van der Waals surface area (Å²) >= 11 is 0. The van der Waals surface area contributed by atoms with E-state index in [9.17, 15) is 8.42 Å². The zero-order valence-corrected chi connectivity index (χ0v) is 13.3. The number of ether oxygens (including phenoxy) is 2. The number of aromatic amines is 1. The molecule has 1 aromatic carbocycles. The van der Waals surface area contributed by atoms with Crippen molar-refractivity contribution in [3.63, 3.8) is 0 Å². The molecule has 0 aliphatic carbocycles. The lowest BCUT2D eigenvalue weighted by atomic mass is 10.2. The molecular weight excluding hydrogens is 304 g/mol. The van der Waals surface area contributed by atoms with Crippen LogP contribution in [0, 0.1) is 13.8 Å². The van der Waals surface area contributed by atoms with E-state index in [0.29, 0.717) is 24.5 Å². The van der Waals surface area contributed by atoms with E-state index in [1.165, 1.54) is 12.1 Å². The van der Waals surface area contributed by atoms with Gasteiger partial charge in [-0.15, -0.1) is 0 Å². The molecule has 1 aliphatic rings. The van der Waals surface area contributed by atoms with Gasteiger partial charge in [0, 0.05) is 24.0 Å². The molecule has 0 unspecified atom stereocenters. The maximum atomic E-state index is 12.3. The van der Waals surface area contributed by atoms with Gasteiger partial charge in [0.2, 0.25) is 16.8 Å². The van der Waals surface area contributed by atoms with Gasteiger partial charge in [-0.2, -0.15) is 0 Å². The fourth-order valence-electron chi connectivity index (χ4n) is 2.49. The molecule has 2 heterocycles. The molecule has 0 fully saturated rings. The van der Waals surface area contributed by atoms with Gasteiger partial charge in [-0.25, -0.2) is 13.1 Å². The van der Waals surface area contributed by atoms with Crippen molar-refractivity contribution in [1.82, 2.24) is 9.71 Å². The minimum atomic E-state index is -3.55. The van der Waals surface area contributed by atoms with Crippen LogP contribution in [0.3, 0.4) is 0 Å². The number of benzene rings is 1. The quantitative estimate of drug-likeness (QED) is 0.881. The van der Waals surface area contributed by atoms with Crippen molar-refractivity contribution in [2.75, 3.05) is 13.3 Å². The lowest BCUT2D eigenvalue weighted by Crippen LogP contribution is -2.26. The molecular formula is C15H18N2O4S. The van der Waals surface area contributed by atoms with Crippen LogP contribution in [0.15, 0.2) is 29.2 Å². The second-order valence-corrected chi connectivity index (χ2v) is 7.03. The first-order valence-electron chi connectivity index (χ1n) is 7.00. The van der Waals surface area contributed by atoms with E-state index in [-0.39, 0.29) is 11.7 Å². The topological polar surface area (TPSA) is 80.4 Å². The van der Waals surface area contributed by atoms with Crippen molar-refractivity contribution < 1.29 is 17.9 Å². The molecule has 2 N–H and O–H groups in total. The molecule has 0 saturated heterocycles. The minimum Gasteiger partial charge on any atom is -0.454 e. The van der Waals surface area contributed by atoms with Crippen molar-refractivity contribution >= 4 is 10.0 Å². The van der Waals surface area contributed by atoms with E-state index in [2.05, 4.69) is 9.71 Å². The molecule has 22 heavy (non-hydrogen) atoms. The van der Waals surface area contributed by atoms with Crippen molar-refractivity contribution in [3.05, 3.63) is 41.2 Å². The monoisotopic (exact) mass is 322 g/mol. The van der Waals surface area contributed by atoms with Gasteiger partial charge < -0.3 is 14.5 Å². The Morgan fingerprint density at radius 2 is 1.95 bits per heavy atom. The smallest absolute Gasteiger partial charge is 0.240 e. The molecule has 6 nitrogen and oxygen atoms in total. The molecule has 0 spiro atoms. The highest BCUT2D eigenvalue weighted by atomic mass is 32.2. The minimum absolute atomic E-state index is 0.123. The predicted molar refractivity (Wildman–Crippen MR) is 81.7 cm³/mol. The van der Waals surface area contributed by atoms with Crippen LogP contribution < -0.4 is 14.2 Å². The zero-order chi connectivity index (χ0) is 15.7. The highest BCUT2D eigenvalue weighted by Gasteiger charge is 2.20. The molecule has 2 aromatic rings. The van der Waals surface area contributed by atoms with Crippen LogP contribution in [0.1, 0.15) is 17.0 Å². The lowest BCUT2D eigenvalue weighted by Gasteiger charge is -2.07. The number of H-pyrrole nitrogens is 1. The maximum absolute atomic E-state index is 12.3. The van der Waals surface area contributed by atoms with Crippen molar-refractivity contribution in [1.29, 1.82) is 0 Å². The number of hydrogen-bond donors (Lipinski definition) is 2. The second-order valence-electron chi connectivity index (χ2n) is 5.27. The third kappa shape index (κ3) is 2.95. The summed E-state index contributed by atoms with van der Waals surface area (Å²) in [6.45, 7) is 4.43. The average Bonchev–Trinajstić information content (AvgIpc) is 3.04. The fourth-order valence-corrected chi connectivity index (χ4v) is 3.54. The van der Waals surface area contributed by atoms with Gasteiger partial charge in [0.25, 0.3) is 0 Å². The van der Waals surface area contributed by atoms with Gasteiger partial charge in [0.05, 0.1) is 4.90 Å². The van der Waals surface area contributed by atoms with E-state index in [1.54, 1.807) is 6.07 Å². The maximum Gasteiger partial charge on any atom is 0.240 e. The number of aryl methyl sites for hydroxylation is 2. The van der Waals surface area contributed by atoms with Crippen molar-refractivity contribution in [2.24, 2.45) is 0 Å². The molecule has 7 heteroatoms. The molecule has 118 valence electrons. The van der Waals surface area contributed by atoms with Gasteiger partial charge >= 0.3 is 0 Å². The largest absolute Gasteiger partial charge is 0.454 e. The lowest BCUT2D eigenvalue weighted by molar-refractivity contribution is 0.174. The Kier molecular flexibility index (Phi) is 3.84. The number of hydrogen-bond acceptors (Lipinski definition) is 4. The van der Waals surface area contributed by atoms with Crippen LogP contribution in [-0.4, -0.2) is 26.7 Å². The molecule has 0 atom stereocenters.